The van der Waals surface area contributed by atoms with E-state index < -0.39 is 12.1 Å². The molecule has 0 N–H and O–H groups in total. The molecule has 0 aromatic carbocycles. The van der Waals surface area contributed by atoms with Gasteiger partial charge in [0.1, 0.15) is 3.70 Å². The normalized spacial score (nSPS) is 10.4. The zero-order valence-corrected chi connectivity index (χ0v) is 9.29. The van der Waals surface area contributed by atoms with Crippen LogP contribution in [0.25, 0.3) is 0 Å². The first-order valence-corrected chi connectivity index (χ1v) is 4.65. The number of aromatic nitrogens is 1. The van der Waals surface area contributed by atoms with Crippen LogP contribution in [0.1, 0.15) is 22.5 Å². The second-order valence-corrected chi connectivity index (χ2v) is 3.48. The van der Waals surface area contributed by atoms with Gasteiger partial charge in [-0.2, -0.15) is 0 Å². The van der Waals surface area contributed by atoms with Crippen molar-refractivity contribution >= 4 is 28.9 Å². The van der Waals surface area contributed by atoms with Crippen molar-refractivity contribution in [3.05, 3.63) is 21.0 Å². The van der Waals surface area contributed by atoms with Crippen molar-refractivity contribution in [3.8, 4) is 5.75 Å². The van der Waals surface area contributed by atoms with E-state index in [0.29, 0.717) is 9.99 Å². The Bertz CT molecular complexity index is 357. The number of rotatable bonds is 3. The highest BCUT2D eigenvalue weighted by Gasteiger charge is 2.19. The summed E-state index contributed by atoms with van der Waals surface area (Å²) < 4.78 is 29.9. The molecule has 0 saturated heterocycles. The summed E-state index contributed by atoms with van der Waals surface area (Å²) in [5, 5.41) is 0. The van der Waals surface area contributed by atoms with E-state index in [1.165, 1.54) is 13.2 Å². The Kier molecular flexibility index (Phi) is 3.73. The SMILES string of the molecule is COc1c(C=O)cc(I)nc1C(F)F. The lowest BCUT2D eigenvalue weighted by atomic mass is 10.2. The summed E-state index contributed by atoms with van der Waals surface area (Å²) in [6.07, 6.45) is -2.28. The van der Waals surface area contributed by atoms with Crippen LogP contribution in [0.5, 0.6) is 5.75 Å². The zero-order valence-electron chi connectivity index (χ0n) is 7.13. The number of pyridine rings is 1. The molecule has 0 aliphatic heterocycles. The maximum atomic E-state index is 12.4. The second kappa shape index (κ2) is 4.63. The van der Waals surface area contributed by atoms with Gasteiger partial charge in [-0.15, -0.1) is 0 Å². The summed E-state index contributed by atoms with van der Waals surface area (Å²) in [6, 6.07) is 1.39. The molecule has 14 heavy (non-hydrogen) atoms. The van der Waals surface area contributed by atoms with Gasteiger partial charge in [-0.3, -0.25) is 4.79 Å². The summed E-state index contributed by atoms with van der Waals surface area (Å²) in [5.74, 6) is -0.157. The fraction of sp³-hybridized carbons (Fsp3) is 0.250. The Hall–Kier alpha value is -0.790. The van der Waals surface area contributed by atoms with Crippen molar-refractivity contribution in [2.24, 2.45) is 0 Å². The van der Waals surface area contributed by atoms with Crippen molar-refractivity contribution in [2.75, 3.05) is 7.11 Å². The summed E-state index contributed by atoms with van der Waals surface area (Å²) >= 11 is 1.76. The molecule has 0 unspecified atom stereocenters. The van der Waals surface area contributed by atoms with Gasteiger partial charge in [0.25, 0.3) is 6.43 Å². The number of carbonyl (C=O) groups is 1. The predicted molar refractivity (Wildman–Crippen MR) is 53.9 cm³/mol. The number of aldehydes is 1. The third-order valence-corrected chi connectivity index (χ3v) is 2.09. The lowest BCUT2D eigenvalue weighted by molar-refractivity contribution is 0.111. The summed E-state index contributed by atoms with van der Waals surface area (Å²) in [7, 11) is 1.22. The molecule has 0 atom stereocenters. The van der Waals surface area contributed by atoms with Crippen molar-refractivity contribution in [3.63, 3.8) is 0 Å². The Labute approximate surface area is 92.6 Å². The minimum Gasteiger partial charge on any atom is -0.494 e. The number of hydrogen-bond donors (Lipinski definition) is 0. The molecular weight excluding hydrogens is 307 g/mol. The van der Waals surface area contributed by atoms with Crippen LogP contribution in [0, 0.1) is 3.70 Å². The van der Waals surface area contributed by atoms with Gasteiger partial charge < -0.3 is 4.74 Å². The minimum absolute atomic E-state index is 0.0854. The highest BCUT2D eigenvalue weighted by Crippen LogP contribution is 2.30. The highest BCUT2D eigenvalue weighted by molar-refractivity contribution is 14.1. The average molecular weight is 313 g/mol. The van der Waals surface area contributed by atoms with Gasteiger partial charge >= 0.3 is 0 Å². The molecule has 0 spiro atoms. The van der Waals surface area contributed by atoms with Gasteiger partial charge in [-0.25, -0.2) is 13.8 Å². The summed E-state index contributed by atoms with van der Waals surface area (Å²) in [6.45, 7) is 0. The van der Waals surface area contributed by atoms with Gasteiger partial charge in [-0.1, -0.05) is 0 Å². The number of carbonyl (C=O) groups excluding carboxylic acids is 1. The molecule has 6 heteroatoms. The molecule has 3 nitrogen and oxygen atoms in total. The van der Waals surface area contributed by atoms with Crippen LogP contribution in [0.15, 0.2) is 6.07 Å². The third kappa shape index (κ3) is 2.17. The number of hydrogen-bond acceptors (Lipinski definition) is 3. The van der Waals surface area contributed by atoms with Gasteiger partial charge in [0.15, 0.2) is 17.7 Å². The number of halogens is 3. The topological polar surface area (TPSA) is 39.2 Å². The maximum absolute atomic E-state index is 12.4. The first kappa shape index (κ1) is 11.3. The first-order valence-electron chi connectivity index (χ1n) is 3.58. The average Bonchev–Trinajstić information content (AvgIpc) is 2.16. The number of nitrogens with zero attached hydrogens (tertiary/aromatic N) is 1. The number of ether oxygens (including phenoxy) is 1. The molecular formula is C8H6F2INO2. The van der Waals surface area contributed by atoms with Crippen LogP contribution >= 0.6 is 22.6 Å². The summed E-state index contributed by atoms with van der Waals surface area (Å²) in [5.41, 5.74) is -0.413. The molecule has 0 bridgehead atoms. The molecule has 0 saturated carbocycles. The number of methoxy groups -OCH3 is 1. The quantitative estimate of drug-likeness (QED) is 0.489. The standard InChI is InChI=1S/C8H6F2INO2/c1-14-7-4(3-13)2-5(11)12-6(7)8(9)10/h2-3,8H,1H3. The molecule has 0 fully saturated rings. The fourth-order valence-electron chi connectivity index (χ4n) is 0.998. The third-order valence-electron chi connectivity index (χ3n) is 1.53. The van der Waals surface area contributed by atoms with Crippen molar-refractivity contribution < 1.29 is 18.3 Å². The van der Waals surface area contributed by atoms with E-state index in [2.05, 4.69) is 4.98 Å². The molecule has 0 amide bonds. The van der Waals surface area contributed by atoms with E-state index in [0.717, 1.165) is 0 Å². The van der Waals surface area contributed by atoms with E-state index in [4.69, 9.17) is 4.74 Å². The van der Waals surface area contributed by atoms with Gasteiger partial charge in [-0.05, 0) is 28.7 Å². The lowest BCUT2D eigenvalue weighted by Crippen LogP contribution is -2.02. The van der Waals surface area contributed by atoms with E-state index in [-0.39, 0.29) is 11.3 Å². The Balaban J connectivity index is 3.39. The lowest BCUT2D eigenvalue weighted by Gasteiger charge is -2.09. The molecule has 1 aromatic heterocycles. The monoisotopic (exact) mass is 313 g/mol. The van der Waals surface area contributed by atoms with Crippen LogP contribution < -0.4 is 4.74 Å². The van der Waals surface area contributed by atoms with Crippen LogP contribution in [0.3, 0.4) is 0 Å². The van der Waals surface area contributed by atoms with Gasteiger partial charge in [0.05, 0.1) is 12.7 Å². The Morgan fingerprint density at radius 2 is 2.29 bits per heavy atom. The second-order valence-electron chi connectivity index (χ2n) is 2.37. The fourth-order valence-corrected chi connectivity index (χ4v) is 1.59. The van der Waals surface area contributed by atoms with E-state index >= 15 is 0 Å². The molecule has 0 radical (unpaired) electrons. The first-order chi connectivity index (χ1) is 6.60. The van der Waals surface area contributed by atoms with Crippen molar-refractivity contribution in [1.82, 2.24) is 4.98 Å². The van der Waals surface area contributed by atoms with Crippen LogP contribution in [-0.2, 0) is 0 Å². The zero-order chi connectivity index (χ0) is 10.7. The van der Waals surface area contributed by atoms with Crippen molar-refractivity contribution in [2.45, 2.75) is 6.43 Å². The molecule has 1 heterocycles. The van der Waals surface area contributed by atoms with E-state index in [9.17, 15) is 13.6 Å². The molecule has 0 aliphatic rings. The smallest absolute Gasteiger partial charge is 0.284 e. The largest absolute Gasteiger partial charge is 0.494 e. The summed E-state index contributed by atoms with van der Waals surface area (Å²) in [4.78, 5) is 14.2. The highest BCUT2D eigenvalue weighted by atomic mass is 127. The Morgan fingerprint density at radius 1 is 1.64 bits per heavy atom. The van der Waals surface area contributed by atoms with Gasteiger partial charge in [0, 0.05) is 0 Å². The van der Waals surface area contributed by atoms with Gasteiger partial charge in [0.2, 0.25) is 0 Å². The number of alkyl halides is 2. The molecule has 1 aromatic rings. The van der Waals surface area contributed by atoms with E-state index in [1.807, 2.05) is 0 Å². The van der Waals surface area contributed by atoms with Crippen molar-refractivity contribution in [1.29, 1.82) is 0 Å². The molecule has 1 rings (SSSR count). The van der Waals surface area contributed by atoms with E-state index in [1.54, 1.807) is 22.6 Å². The minimum atomic E-state index is -2.75. The molecule has 76 valence electrons. The van der Waals surface area contributed by atoms with Crippen LogP contribution in [0.2, 0.25) is 0 Å². The molecule has 0 aliphatic carbocycles. The predicted octanol–water partition coefficient (Wildman–Crippen LogP) is 2.44. The maximum Gasteiger partial charge on any atom is 0.284 e. The van der Waals surface area contributed by atoms with Crippen LogP contribution in [0.4, 0.5) is 8.78 Å². The Morgan fingerprint density at radius 3 is 2.71 bits per heavy atom. The van der Waals surface area contributed by atoms with Crippen LogP contribution in [-0.4, -0.2) is 18.4 Å².